The van der Waals surface area contributed by atoms with E-state index in [0.717, 1.165) is 0 Å². The maximum absolute atomic E-state index is 11.9. The molecule has 2 N–H and O–H groups in total. The van der Waals surface area contributed by atoms with Crippen LogP contribution < -0.4 is 10.9 Å². The number of carbonyl (C=O) groups is 2. The number of pyridine rings is 2. The average Bonchev–Trinajstić information content (AvgIpc) is 2.43. The molecule has 7 nitrogen and oxygen atoms in total. The van der Waals surface area contributed by atoms with Gasteiger partial charge in [0.05, 0.1) is 17.4 Å². The molecule has 0 radical (unpaired) electrons. The molecule has 0 saturated carbocycles. The molecule has 108 valence electrons. The third kappa shape index (κ3) is 3.99. The molecule has 0 unspecified atom stereocenters. The molecular weight excluding hydrogens is 342 g/mol. The zero-order valence-corrected chi connectivity index (χ0v) is 12.2. The predicted octanol–water partition coefficient (Wildman–Crippen LogP) is 1.34. The van der Waals surface area contributed by atoms with Crippen molar-refractivity contribution in [2.24, 2.45) is 0 Å². The lowest BCUT2D eigenvalue weighted by atomic mass is 10.2. The monoisotopic (exact) mass is 351 g/mol. The Hall–Kier alpha value is -2.48. The average molecular weight is 352 g/mol. The number of rotatable bonds is 4. The summed E-state index contributed by atoms with van der Waals surface area (Å²) in [6.45, 7) is -0.185. The van der Waals surface area contributed by atoms with Crippen LogP contribution in [0.25, 0.3) is 0 Å². The summed E-state index contributed by atoms with van der Waals surface area (Å²) in [5, 5.41) is 11.3. The van der Waals surface area contributed by atoms with Crippen LogP contribution in [0.5, 0.6) is 0 Å². The number of amides is 1. The first-order chi connectivity index (χ1) is 9.95. The lowest BCUT2D eigenvalue weighted by molar-refractivity contribution is -0.116. The number of nitrogens with one attached hydrogen (secondary N) is 1. The van der Waals surface area contributed by atoms with E-state index in [1.807, 2.05) is 0 Å². The number of hydrogen-bond donors (Lipinski definition) is 2. The van der Waals surface area contributed by atoms with E-state index in [1.54, 1.807) is 6.07 Å². The Morgan fingerprint density at radius 1 is 1.33 bits per heavy atom. The van der Waals surface area contributed by atoms with Crippen LogP contribution in [0.2, 0.25) is 0 Å². The molecule has 2 aromatic rings. The van der Waals surface area contributed by atoms with Gasteiger partial charge in [-0.3, -0.25) is 14.6 Å². The zero-order chi connectivity index (χ0) is 15.4. The lowest BCUT2D eigenvalue weighted by Gasteiger charge is -2.07. The Morgan fingerprint density at radius 2 is 2.10 bits per heavy atom. The fourth-order valence-corrected chi connectivity index (χ4v) is 1.99. The zero-order valence-electron chi connectivity index (χ0n) is 10.6. The standard InChI is InChI=1S/C13H10BrN3O4/c14-9-1-2-12(19)17(6-9)7-11(18)16-10-3-8(13(20)21)4-15-5-10/h1-6H,7H2,(H,16,18)(H,20,21). The Labute approximate surface area is 127 Å². The topological polar surface area (TPSA) is 101 Å². The first-order valence-electron chi connectivity index (χ1n) is 5.80. The maximum atomic E-state index is 11.9. The predicted molar refractivity (Wildman–Crippen MR) is 78.2 cm³/mol. The van der Waals surface area contributed by atoms with E-state index < -0.39 is 11.9 Å². The quantitative estimate of drug-likeness (QED) is 0.865. The SMILES string of the molecule is O=C(Cn1cc(Br)ccc1=O)Nc1cncc(C(=O)O)c1. The number of carboxylic acids is 1. The van der Waals surface area contributed by atoms with E-state index in [0.29, 0.717) is 4.47 Å². The summed E-state index contributed by atoms with van der Waals surface area (Å²) >= 11 is 3.21. The van der Waals surface area contributed by atoms with Gasteiger partial charge in [-0.25, -0.2) is 4.79 Å². The van der Waals surface area contributed by atoms with Crippen molar-refractivity contribution in [3.63, 3.8) is 0 Å². The Balaban J connectivity index is 2.11. The molecule has 0 fully saturated rings. The van der Waals surface area contributed by atoms with E-state index in [9.17, 15) is 14.4 Å². The van der Waals surface area contributed by atoms with Crippen LogP contribution in [0.1, 0.15) is 10.4 Å². The van der Waals surface area contributed by atoms with Crippen molar-refractivity contribution < 1.29 is 14.7 Å². The molecule has 0 aliphatic rings. The van der Waals surface area contributed by atoms with Crippen molar-refractivity contribution in [3.05, 3.63) is 57.2 Å². The highest BCUT2D eigenvalue weighted by molar-refractivity contribution is 9.10. The number of carboxylic acid groups (broad SMARTS) is 1. The van der Waals surface area contributed by atoms with Gasteiger partial charge in [-0.2, -0.15) is 0 Å². The molecule has 0 saturated heterocycles. The van der Waals surface area contributed by atoms with Gasteiger partial charge < -0.3 is 15.0 Å². The smallest absolute Gasteiger partial charge is 0.337 e. The highest BCUT2D eigenvalue weighted by atomic mass is 79.9. The molecule has 0 bridgehead atoms. The second-order valence-electron chi connectivity index (χ2n) is 4.13. The third-order valence-electron chi connectivity index (χ3n) is 2.53. The van der Waals surface area contributed by atoms with Crippen LogP contribution in [-0.4, -0.2) is 26.5 Å². The van der Waals surface area contributed by atoms with Crippen LogP contribution >= 0.6 is 15.9 Å². The minimum Gasteiger partial charge on any atom is -0.478 e. The van der Waals surface area contributed by atoms with Crippen LogP contribution in [0.4, 0.5) is 5.69 Å². The molecule has 0 aromatic carbocycles. The molecule has 1 amide bonds. The third-order valence-corrected chi connectivity index (χ3v) is 3.00. The number of carbonyl (C=O) groups excluding carboxylic acids is 1. The fraction of sp³-hybridized carbons (Fsp3) is 0.0769. The molecular formula is C13H10BrN3O4. The van der Waals surface area contributed by atoms with Crippen molar-refractivity contribution in [2.75, 3.05) is 5.32 Å². The van der Waals surface area contributed by atoms with Gasteiger partial charge in [0.2, 0.25) is 5.91 Å². The first kappa shape index (κ1) is 14.9. The molecule has 0 atom stereocenters. The molecule has 0 aliphatic heterocycles. The molecule has 2 heterocycles. The molecule has 0 spiro atoms. The summed E-state index contributed by atoms with van der Waals surface area (Å²) in [6, 6.07) is 4.21. The van der Waals surface area contributed by atoms with Crippen molar-refractivity contribution >= 4 is 33.5 Å². The van der Waals surface area contributed by atoms with Crippen molar-refractivity contribution in [3.8, 4) is 0 Å². The van der Waals surface area contributed by atoms with Gasteiger partial charge in [-0.15, -0.1) is 0 Å². The Bertz CT molecular complexity index is 757. The minimum atomic E-state index is -1.14. The summed E-state index contributed by atoms with van der Waals surface area (Å²) in [5.74, 6) is -1.60. The largest absolute Gasteiger partial charge is 0.478 e. The van der Waals surface area contributed by atoms with E-state index in [4.69, 9.17) is 5.11 Å². The van der Waals surface area contributed by atoms with Gasteiger partial charge in [0.25, 0.3) is 5.56 Å². The maximum Gasteiger partial charge on any atom is 0.337 e. The first-order valence-corrected chi connectivity index (χ1v) is 6.59. The molecule has 0 aliphatic carbocycles. The number of nitrogens with zero attached hydrogens (tertiary/aromatic N) is 2. The minimum absolute atomic E-state index is 0.0348. The summed E-state index contributed by atoms with van der Waals surface area (Å²) in [7, 11) is 0. The number of aromatic nitrogens is 2. The number of aromatic carboxylic acids is 1. The fourth-order valence-electron chi connectivity index (χ4n) is 1.61. The summed E-state index contributed by atoms with van der Waals surface area (Å²) in [4.78, 5) is 38.0. The Morgan fingerprint density at radius 3 is 2.81 bits per heavy atom. The summed E-state index contributed by atoms with van der Waals surface area (Å²) < 4.78 is 1.90. The highest BCUT2D eigenvalue weighted by Crippen LogP contribution is 2.09. The van der Waals surface area contributed by atoms with Gasteiger partial charge in [0.15, 0.2) is 0 Å². The number of anilines is 1. The summed E-state index contributed by atoms with van der Waals surface area (Å²) in [5.41, 5.74) is -0.0962. The number of hydrogen-bond acceptors (Lipinski definition) is 4. The van der Waals surface area contributed by atoms with E-state index >= 15 is 0 Å². The van der Waals surface area contributed by atoms with E-state index in [2.05, 4.69) is 26.2 Å². The van der Waals surface area contributed by atoms with Crippen LogP contribution in [-0.2, 0) is 11.3 Å². The molecule has 8 heteroatoms. The van der Waals surface area contributed by atoms with Gasteiger partial charge in [0, 0.05) is 22.9 Å². The second kappa shape index (κ2) is 6.31. The van der Waals surface area contributed by atoms with Gasteiger partial charge in [0.1, 0.15) is 6.54 Å². The number of halogens is 1. The molecule has 2 aromatic heterocycles. The molecule has 2 rings (SSSR count). The summed E-state index contributed by atoms with van der Waals surface area (Å²) in [6.07, 6.45) is 4.00. The van der Waals surface area contributed by atoms with Crippen LogP contribution in [0.15, 0.2) is 46.1 Å². The second-order valence-corrected chi connectivity index (χ2v) is 5.04. The Kier molecular flexibility index (Phi) is 4.49. The van der Waals surface area contributed by atoms with Gasteiger partial charge in [-0.1, -0.05) is 0 Å². The van der Waals surface area contributed by atoms with Crippen LogP contribution in [0.3, 0.4) is 0 Å². The van der Waals surface area contributed by atoms with Gasteiger partial charge in [-0.05, 0) is 28.1 Å². The van der Waals surface area contributed by atoms with E-state index in [1.165, 1.54) is 35.3 Å². The highest BCUT2D eigenvalue weighted by Gasteiger charge is 2.08. The van der Waals surface area contributed by atoms with Crippen LogP contribution in [0, 0.1) is 0 Å². The van der Waals surface area contributed by atoms with Gasteiger partial charge >= 0.3 is 5.97 Å². The van der Waals surface area contributed by atoms with Crippen molar-refractivity contribution in [1.29, 1.82) is 0 Å². The lowest BCUT2D eigenvalue weighted by Crippen LogP contribution is -2.26. The normalized spacial score (nSPS) is 10.1. The molecule has 21 heavy (non-hydrogen) atoms. The van der Waals surface area contributed by atoms with Crippen molar-refractivity contribution in [2.45, 2.75) is 6.54 Å². The van der Waals surface area contributed by atoms with E-state index in [-0.39, 0.29) is 23.4 Å². The van der Waals surface area contributed by atoms with Crippen molar-refractivity contribution in [1.82, 2.24) is 9.55 Å².